The predicted octanol–water partition coefficient (Wildman–Crippen LogP) is -2.90. The van der Waals surface area contributed by atoms with Gasteiger partial charge in [-0.1, -0.05) is 0 Å². The summed E-state index contributed by atoms with van der Waals surface area (Å²) in [5.74, 6) is 0. The number of nitrogens with zero attached hydrogens (tertiary/aromatic N) is 3. The fourth-order valence-corrected chi connectivity index (χ4v) is 2.86. The summed E-state index contributed by atoms with van der Waals surface area (Å²) in [5, 5.41) is 0. The second kappa shape index (κ2) is 4.02. The van der Waals surface area contributed by atoms with Crippen LogP contribution in [0.5, 0.6) is 0 Å². The van der Waals surface area contributed by atoms with E-state index in [1.165, 1.54) is 4.55 Å². The Morgan fingerprint density at radius 2 is 2.08 bits per heavy atom. The summed E-state index contributed by atoms with van der Waals surface area (Å²) in [7, 11) is 0. The molecule has 5 heteroatoms. The van der Waals surface area contributed by atoms with Crippen molar-refractivity contribution in [1.29, 1.82) is 0 Å². The summed E-state index contributed by atoms with van der Waals surface area (Å²) in [6.45, 7) is 11.0. The summed E-state index contributed by atoms with van der Waals surface area (Å²) in [6, 6.07) is 0.00704. The van der Waals surface area contributed by atoms with Gasteiger partial charge in [0, 0.05) is 0 Å². The molecule has 2 N–H and O–H groups in total. The van der Waals surface area contributed by atoms with E-state index in [4.69, 9.17) is 5.73 Å². The molecule has 4 nitrogen and oxygen atoms in total. The van der Waals surface area contributed by atoms with E-state index < -0.39 is 5.54 Å². The van der Waals surface area contributed by atoms with Crippen molar-refractivity contribution in [3.63, 3.8) is 0 Å². The SMILES string of the molecule is C=NC(C)C(C)(N)C(N=C)N1C[I-]1. The van der Waals surface area contributed by atoms with E-state index >= 15 is 0 Å². The van der Waals surface area contributed by atoms with Gasteiger partial charge in [0.1, 0.15) is 0 Å². The molecule has 1 rings (SSSR count). The first-order chi connectivity index (χ1) is 6.04. The van der Waals surface area contributed by atoms with Crippen LogP contribution in [0.1, 0.15) is 13.8 Å². The molecular formula is C8H16IN4-. The molecule has 0 aromatic heterocycles. The third-order valence-corrected chi connectivity index (χ3v) is 4.42. The third-order valence-electron chi connectivity index (χ3n) is 2.43. The summed E-state index contributed by atoms with van der Waals surface area (Å²) in [4.78, 5) is 8.04. The van der Waals surface area contributed by atoms with Gasteiger partial charge in [-0.3, -0.25) is 0 Å². The molecule has 1 heterocycles. The van der Waals surface area contributed by atoms with E-state index in [0.29, 0.717) is 0 Å². The molecule has 0 aliphatic carbocycles. The molecule has 0 aromatic rings. The van der Waals surface area contributed by atoms with Crippen molar-refractivity contribution in [1.82, 2.24) is 3.11 Å². The van der Waals surface area contributed by atoms with Crippen molar-refractivity contribution in [2.24, 2.45) is 15.7 Å². The number of rotatable bonds is 5. The molecule has 0 saturated carbocycles. The van der Waals surface area contributed by atoms with Gasteiger partial charge in [-0.15, -0.1) is 0 Å². The van der Waals surface area contributed by atoms with Crippen molar-refractivity contribution in [2.45, 2.75) is 31.6 Å². The third kappa shape index (κ3) is 2.26. The predicted molar refractivity (Wildman–Crippen MR) is 51.6 cm³/mol. The van der Waals surface area contributed by atoms with Crippen molar-refractivity contribution in [3.05, 3.63) is 0 Å². The van der Waals surface area contributed by atoms with Gasteiger partial charge < -0.3 is 0 Å². The van der Waals surface area contributed by atoms with Gasteiger partial charge in [0.25, 0.3) is 0 Å². The molecule has 76 valence electrons. The Bertz CT molecular complexity index is 212. The van der Waals surface area contributed by atoms with Crippen LogP contribution >= 0.6 is 0 Å². The van der Waals surface area contributed by atoms with Crippen LogP contribution in [0, 0.1) is 0 Å². The zero-order valence-electron chi connectivity index (χ0n) is 8.07. The number of hydrogen-bond acceptors (Lipinski definition) is 4. The molecule has 1 saturated heterocycles. The van der Waals surface area contributed by atoms with Gasteiger partial charge in [-0.25, -0.2) is 0 Å². The van der Waals surface area contributed by atoms with Crippen molar-refractivity contribution < 1.29 is 21.5 Å². The van der Waals surface area contributed by atoms with E-state index in [0.717, 1.165) is 0 Å². The molecule has 1 aliphatic rings. The van der Waals surface area contributed by atoms with Crippen LogP contribution < -0.4 is 27.2 Å². The minimum atomic E-state index is -0.445. The van der Waals surface area contributed by atoms with Crippen molar-refractivity contribution in [2.75, 3.05) is 4.55 Å². The first-order valence-corrected chi connectivity index (χ1v) is 6.59. The van der Waals surface area contributed by atoms with E-state index in [-0.39, 0.29) is 33.7 Å². The maximum absolute atomic E-state index is 6.17. The van der Waals surface area contributed by atoms with Gasteiger partial charge in [0.05, 0.1) is 0 Å². The van der Waals surface area contributed by atoms with Gasteiger partial charge in [0.15, 0.2) is 0 Å². The average molecular weight is 295 g/mol. The molecule has 0 aromatic carbocycles. The van der Waals surface area contributed by atoms with Gasteiger partial charge in [-0.2, -0.15) is 0 Å². The average Bonchev–Trinajstić information content (AvgIpc) is 2.87. The first kappa shape index (κ1) is 11.1. The molecule has 1 aliphatic heterocycles. The second-order valence-electron chi connectivity index (χ2n) is 3.42. The van der Waals surface area contributed by atoms with Crippen LogP contribution in [0.4, 0.5) is 0 Å². The Morgan fingerprint density at radius 3 is 2.38 bits per heavy atom. The Morgan fingerprint density at radius 1 is 1.54 bits per heavy atom. The monoisotopic (exact) mass is 295 g/mol. The minimum absolute atomic E-state index is 0.00704. The molecule has 4 atom stereocenters. The molecule has 0 radical (unpaired) electrons. The summed E-state index contributed by atoms with van der Waals surface area (Å²) >= 11 is 0.188. The van der Waals surface area contributed by atoms with Crippen molar-refractivity contribution in [3.8, 4) is 0 Å². The molecule has 0 spiro atoms. The van der Waals surface area contributed by atoms with E-state index in [1.54, 1.807) is 0 Å². The number of aliphatic imine (C=N–C) groups is 2. The molecular weight excluding hydrogens is 279 g/mol. The molecule has 0 bridgehead atoms. The van der Waals surface area contributed by atoms with Crippen LogP contribution in [-0.4, -0.2) is 38.8 Å². The topological polar surface area (TPSA) is 53.7 Å². The van der Waals surface area contributed by atoms with Crippen LogP contribution in [0.2, 0.25) is 0 Å². The van der Waals surface area contributed by atoms with Crippen LogP contribution in [-0.2, 0) is 0 Å². The maximum atomic E-state index is 6.17. The molecule has 0 amide bonds. The zero-order chi connectivity index (χ0) is 10.1. The number of alkyl halides is 1. The number of nitrogens with two attached hydrogens (primary N) is 1. The van der Waals surface area contributed by atoms with Crippen molar-refractivity contribution >= 4 is 13.4 Å². The Balaban J connectivity index is 2.74. The number of hydrogen-bond donors (Lipinski definition) is 1. The number of halogens is 1. The Hall–Kier alpha value is -0.0100. The van der Waals surface area contributed by atoms with Crippen LogP contribution in [0.3, 0.4) is 0 Å². The molecule has 1 fully saturated rings. The fraction of sp³-hybridized carbons (Fsp3) is 0.750. The molecule has 13 heavy (non-hydrogen) atoms. The summed E-state index contributed by atoms with van der Waals surface area (Å²) < 4.78 is 3.45. The fourth-order valence-electron chi connectivity index (χ4n) is 1.16. The van der Waals surface area contributed by atoms with E-state index in [1.807, 2.05) is 13.8 Å². The standard InChI is InChI=1S/C8H16IN4/c1-6(11-3)8(2,10)7(12-4)13-5-9-13/h6-7H,3-5,10H2,1-2H3/q-1. The van der Waals surface area contributed by atoms with E-state index in [9.17, 15) is 0 Å². The quantitative estimate of drug-likeness (QED) is 0.148. The van der Waals surface area contributed by atoms with Gasteiger partial charge >= 0.3 is 89.9 Å². The normalized spacial score (nSPS) is 30.5. The Labute approximate surface area is 89.9 Å². The van der Waals surface area contributed by atoms with Crippen LogP contribution in [0.25, 0.3) is 0 Å². The summed E-state index contributed by atoms with van der Waals surface area (Å²) in [6.07, 6.45) is 0.0146. The summed E-state index contributed by atoms with van der Waals surface area (Å²) in [5.41, 5.74) is 5.73. The zero-order valence-corrected chi connectivity index (χ0v) is 10.2. The van der Waals surface area contributed by atoms with Crippen LogP contribution in [0.15, 0.2) is 9.98 Å². The van der Waals surface area contributed by atoms with Gasteiger partial charge in [-0.05, 0) is 0 Å². The Kier molecular flexibility index (Phi) is 3.42. The van der Waals surface area contributed by atoms with E-state index in [2.05, 4.69) is 26.5 Å². The first-order valence-electron chi connectivity index (χ1n) is 4.10. The second-order valence-corrected chi connectivity index (χ2v) is 6.02. The van der Waals surface area contributed by atoms with Gasteiger partial charge in [0.2, 0.25) is 0 Å². The molecule has 4 unspecified atom stereocenters.